The summed E-state index contributed by atoms with van der Waals surface area (Å²) in [6, 6.07) is 0. The van der Waals surface area contributed by atoms with E-state index in [1.165, 1.54) is 0 Å². The van der Waals surface area contributed by atoms with Crippen molar-refractivity contribution in [3.8, 4) is 0 Å². The Hall–Kier alpha value is -0.570. The SMILES string of the molecule is CC1(N)CN(C(=O)C2CC2(C)C)C1. The Balaban J connectivity index is 1.88. The normalized spacial score (nSPS) is 33.8. The van der Waals surface area contributed by atoms with Gasteiger partial charge in [-0.25, -0.2) is 0 Å². The first-order valence-electron chi connectivity index (χ1n) is 4.90. The van der Waals surface area contributed by atoms with Crippen molar-refractivity contribution in [2.75, 3.05) is 13.1 Å². The van der Waals surface area contributed by atoms with E-state index in [-0.39, 0.29) is 16.9 Å². The number of nitrogens with zero attached hydrogens (tertiary/aromatic N) is 1. The number of amides is 1. The summed E-state index contributed by atoms with van der Waals surface area (Å²) in [5.41, 5.74) is 5.96. The zero-order valence-electron chi connectivity index (χ0n) is 8.63. The quantitative estimate of drug-likeness (QED) is 0.645. The molecule has 1 saturated carbocycles. The van der Waals surface area contributed by atoms with E-state index < -0.39 is 0 Å². The number of carbonyl (C=O) groups is 1. The summed E-state index contributed by atoms with van der Waals surface area (Å²) in [4.78, 5) is 13.6. The number of nitrogens with two attached hydrogens (primary N) is 1. The molecule has 1 aliphatic heterocycles. The Bertz CT molecular complexity index is 250. The van der Waals surface area contributed by atoms with Gasteiger partial charge in [0.15, 0.2) is 0 Å². The van der Waals surface area contributed by atoms with E-state index in [4.69, 9.17) is 5.73 Å². The predicted molar refractivity (Wildman–Crippen MR) is 51.1 cm³/mol. The summed E-state index contributed by atoms with van der Waals surface area (Å²) in [7, 11) is 0. The Labute approximate surface area is 79.3 Å². The van der Waals surface area contributed by atoms with Crippen molar-refractivity contribution in [1.29, 1.82) is 0 Å². The maximum Gasteiger partial charge on any atom is 0.226 e. The fraction of sp³-hybridized carbons (Fsp3) is 0.900. The Morgan fingerprint density at radius 2 is 1.85 bits per heavy atom. The molecule has 3 nitrogen and oxygen atoms in total. The molecule has 74 valence electrons. The topological polar surface area (TPSA) is 46.3 Å². The van der Waals surface area contributed by atoms with E-state index in [1.54, 1.807) is 0 Å². The van der Waals surface area contributed by atoms with E-state index in [9.17, 15) is 4.79 Å². The van der Waals surface area contributed by atoms with Crippen molar-refractivity contribution in [3.63, 3.8) is 0 Å². The van der Waals surface area contributed by atoms with Crippen LogP contribution in [0.15, 0.2) is 0 Å². The van der Waals surface area contributed by atoms with Gasteiger partial charge in [0.05, 0.1) is 0 Å². The van der Waals surface area contributed by atoms with Gasteiger partial charge in [0.2, 0.25) is 5.91 Å². The largest absolute Gasteiger partial charge is 0.339 e. The zero-order valence-corrected chi connectivity index (χ0v) is 8.63. The second-order valence-electron chi connectivity index (χ2n) is 5.59. The van der Waals surface area contributed by atoms with Crippen molar-refractivity contribution in [2.24, 2.45) is 17.1 Å². The molecule has 1 aliphatic carbocycles. The Morgan fingerprint density at radius 3 is 2.15 bits per heavy atom. The summed E-state index contributed by atoms with van der Waals surface area (Å²) < 4.78 is 0. The highest BCUT2D eigenvalue weighted by molar-refractivity contribution is 5.83. The molecule has 2 N–H and O–H groups in total. The fourth-order valence-electron chi connectivity index (χ4n) is 2.09. The minimum atomic E-state index is -0.130. The number of carbonyl (C=O) groups excluding carboxylic acids is 1. The van der Waals surface area contributed by atoms with E-state index in [2.05, 4.69) is 13.8 Å². The van der Waals surface area contributed by atoms with Crippen molar-refractivity contribution < 1.29 is 4.79 Å². The zero-order chi connectivity index (χ0) is 9.85. The maximum atomic E-state index is 11.8. The lowest BCUT2D eigenvalue weighted by Crippen LogP contribution is -2.67. The third-order valence-corrected chi connectivity index (χ3v) is 3.23. The van der Waals surface area contributed by atoms with Gasteiger partial charge >= 0.3 is 0 Å². The van der Waals surface area contributed by atoms with Gasteiger partial charge in [-0.1, -0.05) is 13.8 Å². The summed E-state index contributed by atoms with van der Waals surface area (Å²) in [6.45, 7) is 7.76. The number of rotatable bonds is 1. The van der Waals surface area contributed by atoms with E-state index in [0.29, 0.717) is 5.91 Å². The molecule has 0 spiro atoms. The van der Waals surface area contributed by atoms with Gasteiger partial charge in [-0.3, -0.25) is 4.79 Å². The minimum absolute atomic E-state index is 0.130. The van der Waals surface area contributed by atoms with Crippen molar-refractivity contribution in [2.45, 2.75) is 32.7 Å². The lowest BCUT2D eigenvalue weighted by atomic mass is 9.93. The van der Waals surface area contributed by atoms with Crippen LogP contribution in [-0.4, -0.2) is 29.4 Å². The molecule has 3 heteroatoms. The number of likely N-dealkylation sites (tertiary alicyclic amines) is 1. The van der Waals surface area contributed by atoms with E-state index in [1.807, 2.05) is 11.8 Å². The molecular weight excluding hydrogens is 164 g/mol. The predicted octanol–water partition coefficient (Wildman–Crippen LogP) is 0.592. The van der Waals surface area contributed by atoms with Crippen LogP contribution in [-0.2, 0) is 4.79 Å². The average Bonchev–Trinajstić information content (AvgIpc) is 2.53. The number of hydrogen-bond acceptors (Lipinski definition) is 2. The number of hydrogen-bond donors (Lipinski definition) is 1. The molecule has 1 saturated heterocycles. The van der Waals surface area contributed by atoms with Gasteiger partial charge in [-0.15, -0.1) is 0 Å². The summed E-state index contributed by atoms with van der Waals surface area (Å²) in [6.07, 6.45) is 1.05. The highest BCUT2D eigenvalue weighted by atomic mass is 16.2. The second kappa shape index (κ2) is 2.27. The van der Waals surface area contributed by atoms with Crippen LogP contribution in [0.3, 0.4) is 0 Å². The van der Waals surface area contributed by atoms with Crippen LogP contribution < -0.4 is 5.73 Å². The van der Waals surface area contributed by atoms with Crippen LogP contribution >= 0.6 is 0 Å². The molecule has 1 unspecified atom stereocenters. The molecule has 2 rings (SSSR count). The molecular formula is C10H18N2O. The summed E-state index contributed by atoms with van der Waals surface area (Å²) in [5.74, 6) is 0.580. The van der Waals surface area contributed by atoms with E-state index >= 15 is 0 Å². The van der Waals surface area contributed by atoms with Crippen LogP contribution in [0.2, 0.25) is 0 Å². The average molecular weight is 182 g/mol. The van der Waals surface area contributed by atoms with E-state index in [0.717, 1.165) is 19.5 Å². The molecule has 1 heterocycles. The van der Waals surface area contributed by atoms with Crippen LogP contribution in [0.5, 0.6) is 0 Å². The van der Waals surface area contributed by atoms with Crippen LogP contribution in [0.4, 0.5) is 0 Å². The minimum Gasteiger partial charge on any atom is -0.339 e. The van der Waals surface area contributed by atoms with Crippen LogP contribution in [0.1, 0.15) is 27.2 Å². The third kappa shape index (κ3) is 1.46. The molecule has 0 bridgehead atoms. The lowest BCUT2D eigenvalue weighted by Gasteiger charge is -2.45. The lowest BCUT2D eigenvalue weighted by molar-refractivity contribution is -0.140. The fourth-order valence-corrected chi connectivity index (χ4v) is 2.09. The third-order valence-electron chi connectivity index (χ3n) is 3.23. The van der Waals surface area contributed by atoms with Crippen molar-refractivity contribution >= 4 is 5.91 Å². The molecule has 1 amide bonds. The van der Waals surface area contributed by atoms with Crippen LogP contribution in [0.25, 0.3) is 0 Å². The van der Waals surface area contributed by atoms with Gasteiger partial charge < -0.3 is 10.6 Å². The molecule has 0 radical (unpaired) electrons. The monoisotopic (exact) mass is 182 g/mol. The molecule has 2 aliphatic rings. The van der Waals surface area contributed by atoms with Gasteiger partial charge in [0, 0.05) is 24.5 Å². The molecule has 1 atom stereocenters. The highest BCUT2D eigenvalue weighted by Crippen LogP contribution is 2.52. The summed E-state index contributed by atoms with van der Waals surface area (Å²) in [5, 5.41) is 0. The molecule has 2 fully saturated rings. The highest BCUT2D eigenvalue weighted by Gasteiger charge is 2.54. The Morgan fingerprint density at radius 1 is 1.38 bits per heavy atom. The van der Waals surface area contributed by atoms with Gasteiger partial charge in [0.25, 0.3) is 0 Å². The van der Waals surface area contributed by atoms with Gasteiger partial charge in [-0.2, -0.15) is 0 Å². The maximum absolute atomic E-state index is 11.8. The first-order valence-corrected chi connectivity index (χ1v) is 4.90. The van der Waals surface area contributed by atoms with Crippen LogP contribution in [0, 0.1) is 11.3 Å². The molecule has 0 aromatic rings. The summed E-state index contributed by atoms with van der Waals surface area (Å²) >= 11 is 0. The standard InChI is InChI=1S/C10H18N2O/c1-9(2)4-7(9)8(13)12-5-10(3,11)6-12/h7H,4-6,11H2,1-3H3. The van der Waals surface area contributed by atoms with Crippen molar-refractivity contribution in [1.82, 2.24) is 4.90 Å². The molecule has 13 heavy (non-hydrogen) atoms. The second-order valence-corrected chi connectivity index (χ2v) is 5.59. The van der Waals surface area contributed by atoms with Crippen molar-refractivity contribution in [3.05, 3.63) is 0 Å². The molecule has 0 aromatic heterocycles. The van der Waals surface area contributed by atoms with Gasteiger partial charge in [0.1, 0.15) is 0 Å². The smallest absolute Gasteiger partial charge is 0.226 e. The Kier molecular flexibility index (Phi) is 1.57. The first-order chi connectivity index (χ1) is 5.82. The first kappa shape index (κ1) is 9.00. The van der Waals surface area contributed by atoms with Gasteiger partial charge in [-0.05, 0) is 18.8 Å². The molecule has 0 aromatic carbocycles.